The topological polar surface area (TPSA) is 34.9 Å². The normalized spacial score (nSPS) is 15.1. The number of nitrogens with zero attached hydrogens (tertiary/aromatic N) is 2. The lowest BCUT2D eigenvalue weighted by atomic mass is 9.99. The lowest BCUT2D eigenvalue weighted by Crippen LogP contribution is -2.20. The molecule has 1 aliphatic heterocycles. The maximum absolute atomic E-state index is 15.3. The molecule has 1 unspecified atom stereocenters. The highest BCUT2D eigenvalue weighted by atomic mass is 31.2. The average Bonchev–Trinajstić information content (AvgIpc) is 3.65. The summed E-state index contributed by atoms with van der Waals surface area (Å²) in [4.78, 5) is 4.53. The highest BCUT2D eigenvalue weighted by Crippen LogP contribution is 2.54. The third-order valence-corrected chi connectivity index (χ3v) is 13.2. The first-order valence-corrected chi connectivity index (χ1v) is 18.3. The molecule has 9 aromatic rings. The van der Waals surface area contributed by atoms with Gasteiger partial charge in [0.05, 0.1) is 16.6 Å². The van der Waals surface area contributed by atoms with Crippen LogP contribution in [0.3, 0.4) is 0 Å². The molecule has 4 heteroatoms. The summed E-state index contributed by atoms with van der Waals surface area (Å²) < 4.78 is 17.7. The number of hydrogen-bond donors (Lipinski definition) is 0. The van der Waals surface area contributed by atoms with Crippen LogP contribution in [-0.4, -0.2) is 9.55 Å². The average molecular weight is 645 g/mol. The Morgan fingerprint density at radius 3 is 2.00 bits per heavy atom. The van der Waals surface area contributed by atoms with Crippen molar-refractivity contribution in [3.05, 3.63) is 176 Å². The minimum atomic E-state index is -3.06. The number of fused-ring (bicyclic) bond motifs is 8. The monoisotopic (exact) mass is 644 g/mol. The molecular weight excluding hydrogens is 615 g/mol. The summed E-state index contributed by atoms with van der Waals surface area (Å²) in [5.41, 5.74) is 11.1. The van der Waals surface area contributed by atoms with Crippen molar-refractivity contribution in [2.75, 3.05) is 0 Å². The van der Waals surface area contributed by atoms with E-state index in [9.17, 15) is 0 Å². The Balaban J connectivity index is 1.11. The fourth-order valence-corrected chi connectivity index (χ4v) is 10.8. The van der Waals surface area contributed by atoms with Crippen LogP contribution in [0.15, 0.2) is 176 Å². The quantitative estimate of drug-likeness (QED) is 0.179. The Morgan fingerprint density at radius 1 is 0.510 bits per heavy atom. The van der Waals surface area contributed by atoms with Crippen molar-refractivity contribution in [1.82, 2.24) is 9.55 Å². The van der Waals surface area contributed by atoms with Gasteiger partial charge in [-0.25, -0.2) is 0 Å². The second-order valence-corrected chi connectivity index (χ2v) is 15.4. The van der Waals surface area contributed by atoms with Crippen LogP contribution in [0.25, 0.3) is 71.8 Å². The first-order chi connectivity index (χ1) is 24.2. The molecule has 0 saturated heterocycles. The van der Waals surface area contributed by atoms with E-state index in [1.54, 1.807) is 0 Å². The molecule has 1 atom stereocenters. The van der Waals surface area contributed by atoms with Crippen LogP contribution in [0.1, 0.15) is 0 Å². The van der Waals surface area contributed by atoms with Gasteiger partial charge < -0.3 is 9.13 Å². The fraction of sp³-hybridized carbons (Fsp3) is 0. The molecule has 0 spiro atoms. The number of aromatic nitrogens is 2. The predicted molar refractivity (Wildman–Crippen MR) is 205 cm³/mol. The molecule has 1 aliphatic rings. The predicted octanol–water partition coefficient (Wildman–Crippen LogP) is 10.3. The molecule has 0 N–H and O–H groups in total. The Morgan fingerprint density at radius 2 is 1.18 bits per heavy atom. The first-order valence-electron chi connectivity index (χ1n) is 16.6. The van der Waals surface area contributed by atoms with E-state index < -0.39 is 7.14 Å². The summed E-state index contributed by atoms with van der Waals surface area (Å²) in [5.74, 6) is 0. The van der Waals surface area contributed by atoms with Crippen LogP contribution < -0.4 is 15.9 Å². The third-order valence-electron chi connectivity index (χ3n) is 10.1. The second kappa shape index (κ2) is 10.8. The van der Waals surface area contributed by atoms with Crippen LogP contribution in [0, 0.1) is 0 Å². The number of hydrogen-bond acceptors (Lipinski definition) is 2. The van der Waals surface area contributed by atoms with Crippen molar-refractivity contribution >= 4 is 55.8 Å². The van der Waals surface area contributed by atoms with Crippen LogP contribution in [0.2, 0.25) is 0 Å². The molecule has 0 saturated carbocycles. The number of benzene rings is 7. The molecule has 7 aromatic carbocycles. The summed E-state index contributed by atoms with van der Waals surface area (Å²) in [6.07, 6.45) is 1.84. The lowest BCUT2D eigenvalue weighted by molar-refractivity contribution is 0.593. The maximum atomic E-state index is 15.3. The van der Waals surface area contributed by atoms with Gasteiger partial charge in [-0.3, -0.25) is 4.98 Å². The van der Waals surface area contributed by atoms with E-state index in [0.29, 0.717) is 0 Å². The molecule has 0 radical (unpaired) electrons. The van der Waals surface area contributed by atoms with Crippen molar-refractivity contribution in [2.45, 2.75) is 0 Å². The van der Waals surface area contributed by atoms with Gasteiger partial charge in [-0.15, -0.1) is 0 Å². The number of rotatable bonds is 4. The summed E-state index contributed by atoms with van der Waals surface area (Å²) in [6.45, 7) is 0. The maximum Gasteiger partial charge on any atom is 0.172 e. The Kier molecular flexibility index (Phi) is 6.15. The van der Waals surface area contributed by atoms with E-state index in [4.69, 9.17) is 0 Å². The van der Waals surface area contributed by atoms with E-state index in [1.165, 1.54) is 10.9 Å². The molecule has 3 nitrogen and oxygen atoms in total. The van der Waals surface area contributed by atoms with Gasteiger partial charge in [0, 0.05) is 49.5 Å². The van der Waals surface area contributed by atoms with Gasteiger partial charge in [0.2, 0.25) is 0 Å². The molecule has 2 aromatic heterocycles. The summed E-state index contributed by atoms with van der Waals surface area (Å²) >= 11 is 0. The summed E-state index contributed by atoms with van der Waals surface area (Å²) in [7, 11) is -3.06. The minimum Gasteiger partial charge on any atom is -0.309 e. The molecule has 49 heavy (non-hydrogen) atoms. The van der Waals surface area contributed by atoms with E-state index in [2.05, 4.69) is 137 Å². The molecule has 3 heterocycles. The Labute approximate surface area is 284 Å². The zero-order chi connectivity index (χ0) is 32.5. The van der Waals surface area contributed by atoms with Crippen molar-refractivity contribution in [1.29, 1.82) is 0 Å². The van der Waals surface area contributed by atoms with E-state index >= 15 is 4.57 Å². The Bertz CT molecular complexity index is 2780. The highest BCUT2D eigenvalue weighted by Gasteiger charge is 2.41. The van der Waals surface area contributed by atoms with Gasteiger partial charge in [-0.05, 0) is 64.2 Å². The minimum absolute atomic E-state index is 0.871. The van der Waals surface area contributed by atoms with Crippen molar-refractivity contribution in [3.63, 3.8) is 0 Å². The van der Waals surface area contributed by atoms with Crippen molar-refractivity contribution in [2.24, 2.45) is 0 Å². The van der Waals surface area contributed by atoms with Gasteiger partial charge in [0.15, 0.2) is 7.14 Å². The van der Waals surface area contributed by atoms with E-state index in [1.807, 2.05) is 48.7 Å². The molecule has 0 aliphatic carbocycles. The zero-order valence-corrected chi connectivity index (χ0v) is 27.4. The standard InChI is InChI=1S/C45H29N2OP/c48-49(36-10-2-1-3-11-36)42-15-7-5-13-39(42)44-43(49)27-26-38-37-12-4-6-14-41(37)47(45(38)44)35-24-22-31(23-25-35)30-16-18-32(19-17-30)34-21-20-33-9-8-28-46-40(33)29-34/h1-29H. The van der Waals surface area contributed by atoms with Gasteiger partial charge in [-0.2, -0.15) is 0 Å². The largest absolute Gasteiger partial charge is 0.309 e. The van der Waals surface area contributed by atoms with Gasteiger partial charge in [0.25, 0.3) is 0 Å². The van der Waals surface area contributed by atoms with Crippen molar-refractivity contribution < 1.29 is 4.57 Å². The molecule has 0 bridgehead atoms. The van der Waals surface area contributed by atoms with Gasteiger partial charge in [-0.1, -0.05) is 133 Å². The summed E-state index contributed by atoms with van der Waals surface area (Å²) in [6, 6.07) is 59.2. The third kappa shape index (κ3) is 4.16. The Hall–Kier alpha value is -6.02. The molecule has 0 amide bonds. The smallest absolute Gasteiger partial charge is 0.172 e. The number of pyridine rings is 1. The first kappa shape index (κ1) is 28.0. The lowest BCUT2D eigenvalue weighted by Gasteiger charge is -2.16. The number of para-hydroxylation sites is 1. The molecule has 10 rings (SSSR count). The second-order valence-electron chi connectivity index (χ2n) is 12.7. The highest BCUT2D eigenvalue weighted by molar-refractivity contribution is 7.86. The van der Waals surface area contributed by atoms with Gasteiger partial charge >= 0.3 is 0 Å². The van der Waals surface area contributed by atoms with Crippen molar-refractivity contribution in [3.8, 4) is 39.1 Å². The van der Waals surface area contributed by atoms with Crippen LogP contribution in [0.5, 0.6) is 0 Å². The van der Waals surface area contributed by atoms with Crippen LogP contribution in [0.4, 0.5) is 0 Å². The summed E-state index contributed by atoms with van der Waals surface area (Å²) in [5, 5.41) is 6.19. The molecule has 230 valence electrons. The molecule has 0 fully saturated rings. The van der Waals surface area contributed by atoms with Crippen LogP contribution >= 0.6 is 7.14 Å². The van der Waals surface area contributed by atoms with Gasteiger partial charge in [0.1, 0.15) is 0 Å². The van der Waals surface area contributed by atoms with E-state index in [-0.39, 0.29) is 0 Å². The zero-order valence-electron chi connectivity index (χ0n) is 26.5. The van der Waals surface area contributed by atoms with Crippen LogP contribution in [-0.2, 0) is 4.57 Å². The molecular formula is C45H29N2OP. The van der Waals surface area contributed by atoms with E-state index in [0.717, 1.165) is 76.7 Å². The fourth-order valence-electron chi connectivity index (χ4n) is 7.75. The SMILES string of the molecule is O=P1(c2ccccc2)c2ccccc2-c2c1ccc1c3ccccc3n(-c3ccc(-c4ccc(-c5ccc6cccnc6c5)cc4)cc3)c21.